The minimum atomic E-state index is 0. The number of benzene rings is 1. The van der Waals surface area contributed by atoms with Crippen LogP contribution in [0, 0.1) is 11.8 Å². The molecule has 3 atom stereocenters. The topological polar surface area (TPSA) is 44.4 Å². The molecule has 2 aliphatic rings. The minimum Gasteiger partial charge on any atom is -0.352 e. The highest BCUT2D eigenvalue weighted by Gasteiger charge is 2.22. The van der Waals surface area contributed by atoms with Crippen LogP contribution in [-0.2, 0) is 17.9 Å². The van der Waals surface area contributed by atoms with Crippen LogP contribution in [0.3, 0.4) is 0 Å². The largest absolute Gasteiger partial charge is 0.352 e. The molecular weight excluding hydrogens is 381 g/mol. The summed E-state index contributed by atoms with van der Waals surface area (Å²) in [4.78, 5) is 14.8. The average Bonchev–Trinajstić information content (AvgIpc) is 3.06. The number of carbonyl (C=O) groups is 1. The molecule has 0 bridgehead atoms. The minimum absolute atomic E-state index is 0. The smallest absolute Gasteiger partial charge is 0.221 e. The zero-order valence-electron chi connectivity index (χ0n) is 16.6. The van der Waals surface area contributed by atoms with Crippen molar-refractivity contribution in [2.45, 2.75) is 58.7 Å². The zero-order valence-corrected chi connectivity index (χ0v) is 18.2. The van der Waals surface area contributed by atoms with E-state index < -0.39 is 0 Å². The SMILES string of the molecule is CC1CC(C)CN(Cc2ccccc2CNC(=O)CC2CCCN2)C1.Cl.Cl. The summed E-state index contributed by atoms with van der Waals surface area (Å²) in [5, 5.41) is 6.52. The molecule has 0 saturated carbocycles. The standard InChI is InChI=1S/C21H33N3O.2ClH/c1-16-10-17(2)14-24(13-16)15-19-7-4-3-6-18(19)12-23-21(25)11-20-8-5-9-22-20;;/h3-4,6-7,16-17,20,22H,5,8-15H2,1-2H3,(H,23,25);2*1H. The number of amides is 1. The highest BCUT2D eigenvalue weighted by molar-refractivity contribution is 5.85. The van der Waals surface area contributed by atoms with E-state index in [9.17, 15) is 4.79 Å². The molecule has 1 aromatic rings. The molecule has 3 unspecified atom stereocenters. The molecule has 1 amide bonds. The molecule has 2 heterocycles. The highest BCUT2D eigenvalue weighted by atomic mass is 35.5. The van der Waals surface area contributed by atoms with Crippen molar-refractivity contribution in [3.63, 3.8) is 0 Å². The zero-order chi connectivity index (χ0) is 17.6. The lowest BCUT2D eigenvalue weighted by Gasteiger charge is -2.35. The Hall–Kier alpha value is -0.810. The summed E-state index contributed by atoms with van der Waals surface area (Å²) in [5.41, 5.74) is 2.60. The predicted octanol–water partition coefficient (Wildman–Crippen LogP) is 3.77. The highest BCUT2D eigenvalue weighted by Crippen LogP contribution is 2.23. The van der Waals surface area contributed by atoms with Gasteiger partial charge in [-0.1, -0.05) is 38.1 Å². The second-order valence-electron chi connectivity index (χ2n) is 8.18. The lowest BCUT2D eigenvalue weighted by molar-refractivity contribution is -0.121. The fraction of sp³-hybridized carbons (Fsp3) is 0.667. The van der Waals surface area contributed by atoms with Crippen LogP contribution in [-0.4, -0.2) is 36.5 Å². The Bertz CT molecular complexity index is 568. The van der Waals surface area contributed by atoms with Gasteiger partial charge in [0.25, 0.3) is 0 Å². The third-order valence-electron chi connectivity index (χ3n) is 5.53. The quantitative estimate of drug-likeness (QED) is 0.742. The summed E-state index contributed by atoms with van der Waals surface area (Å²) < 4.78 is 0. The Morgan fingerprint density at radius 2 is 1.81 bits per heavy atom. The molecule has 3 rings (SSSR count). The second kappa shape index (κ2) is 11.9. The number of nitrogens with zero attached hydrogens (tertiary/aromatic N) is 1. The number of rotatable bonds is 6. The number of halogens is 2. The van der Waals surface area contributed by atoms with Gasteiger partial charge in [0.05, 0.1) is 0 Å². The number of piperidine rings is 1. The van der Waals surface area contributed by atoms with Gasteiger partial charge in [-0.05, 0) is 48.8 Å². The molecule has 0 aromatic heterocycles. The Morgan fingerprint density at radius 3 is 2.44 bits per heavy atom. The fourth-order valence-electron chi connectivity index (χ4n) is 4.47. The van der Waals surface area contributed by atoms with E-state index in [1.54, 1.807) is 0 Å². The first-order chi connectivity index (χ1) is 12.1. The van der Waals surface area contributed by atoms with Crippen LogP contribution in [0.25, 0.3) is 0 Å². The summed E-state index contributed by atoms with van der Waals surface area (Å²) in [5.74, 6) is 1.71. The van der Waals surface area contributed by atoms with E-state index in [1.165, 1.54) is 37.1 Å². The van der Waals surface area contributed by atoms with E-state index in [-0.39, 0.29) is 30.7 Å². The van der Waals surface area contributed by atoms with E-state index in [1.807, 2.05) is 0 Å². The molecule has 0 aliphatic carbocycles. The lowest BCUT2D eigenvalue weighted by Crippen LogP contribution is -2.38. The van der Waals surface area contributed by atoms with Crippen LogP contribution in [0.5, 0.6) is 0 Å². The first kappa shape index (κ1) is 24.2. The third-order valence-corrected chi connectivity index (χ3v) is 5.53. The Morgan fingerprint density at radius 1 is 1.15 bits per heavy atom. The number of nitrogens with one attached hydrogen (secondary N) is 2. The molecule has 2 N–H and O–H groups in total. The van der Waals surface area contributed by atoms with Crippen molar-refractivity contribution in [1.29, 1.82) is 0 Å². The van der Waals surface area contributed by atoms with Crippen molar-refractivity contribution in [1.82, 2.24) is 15.5 Å². The van der Waals surface area contributed by atoms with E-state index in [4.69, 9.17) is 0 Å². The Kier molecular flexibility index (Phi) is 10.7. The van der Waals surface area contributed by atoms with Crippen LogP contribution >= 0.6 is 24.8 Å². The van der Waals surface area contributed by atoms with Gasteiger partial charge in [-0.25, -0.2) is 0 Å². The summed E-state index contributed by atoms with van der Waals surface area (Å²) in [7, 11) is 0. The van der Waals surface area contributed by atoms with Gasteiger partial charge in [-0.2, -0.15) is 0 Å². The Labute approximate surface area is 176 Å². The summed E-state index contributed by atoms with van der Waals surface area (Å²) >= 11 is 0. The van der Waals surface area contributed by atoms with Crippen LogP contribution in [0.2, 0.25) is 0 Å². The van der Waals surface area contributed by atoms with Crippen LogP contribution < -0.4 is 10.6 Å². The van der Waals surface area contributed by atoms with Gasteiger partial charge in [0.2, 0.25) is 5.91 Å². The van der Waals surface area contributed by atoms with E-state index in [0.29, 0.717) is 19.0 Å². The maximum atomic E-state index is 12.2. The van der Waals surface area contributed by atoms with E-state index in [2.05, 4.69) is 53.6 Å². The molecule has 2 aliphatic heterocycles. The number of likely N-dealkylation sites (tertiary alicyclic amines) is 1. The molecule has 2 fully saturated rings. The average molecular weight is 416 g/mol. The van der Waals surface area contributed by atoms with Crippen molar-refractivity contribution in [2.75, 3.05) is 19.6 Å². The van der Waals surface area contributed by atoms with E-state index >= 15 is 0 Å². The lowest BCUT2D eigenvalue weighted by atomic mass is 9.91. The monoisotopic (exact) mass is 415 g/mol. The van der Waals surface area contributed by atoms with Gasteiger partial charge in [0.15, 0.2) is 0 Å². The van der Waals surface area contributed by atoms with Crippen molar-refractivity contribution in [3.05, 3.63) is 35.4 Å². The molecular formula is C21H35Cl2N3O. The molecule has 6 heteroatoms. The fourth-order valence-corrected chi connectivity index (χ4v) is 4.47. The van der Waals surface area contributed by atoms with Crippen molar-refractivity contribution >= 4 is 30.7 Å². The first-order valence-electron chi connectivity index (χ1n) is 9.89. The van der Waals surface area contributed by atoms with Gasteiger partial charge in [0.1, 0.15) is 0 Å². The second-order valence-corrected chi connectivity index (χ2v) is 8.18. The van der Waals surface area contributed by atoms with Gasteiger partial charge >= 0.3 is 0 Å². The maximum Gasteiger partial charge on any atom is 0.221 e. The molecule has 0 radical (unpaired) electrons. The summed E-state index contributed by atoms with van der Waals surface area (Å²) in [6.07, 6.45) is 4.25. The van der Waals surface area contributed by atoms with Gasteiger partial charge in [-0.3, -0.25) is 9.69 Å². The maximum absolute atomic E-state index is 12.2. The van der Waals surface area contributed by atoms with Crippen molar-refractivity contribution in [3.8, 4) is 0 Å². The van der Waals surface area contributed by atoms with Crippen LogP contribution in [0.15, 0.2) is 24.3 Å². The predicted molar refractivity (Wildman–Crippen MR) is 117 cm³/mol. The van der Waals surface area contributed by atoms with E-state index in [0.717, 1.165) is 31.3 Å². The van der Waals surface area contributed by atoms with Crippen LogP contribution in [0.4, 0.5) is 0 Å². The molecule has 4 nitrogen and oxygen atoms in total. The molecule has 154 valence electrons. The molecule has 27 heavy (non-hydrogen) atoms. The van der Waals surface area contributed by atoms with Gasteiger partial charge in [-0.15, -0.1) is 24.8 Å². The summed E-state index contributed by atoms with van der Waals surface area (Å²) in [6, 6.07) is 8.92. The first-order valence-corrected chi connectivity index (χ1v) is 9.89. The van der Waals surface area contributed by atoms with Crippen LogP contribution in [0.1, 0.15) is 50.7 Å². The normalized spacial score (nSPS) is 25.3. The third kappa shape index (κ3) is 7.61. The number of carbonyl (C=O) groups excluding carboxylic acids is 1. The van der Waals surface area contributed by atoms with Gasteiger partial charge < -0.3 is 10.6 Å². The Balaban J connectivity index is 0.00000182. The molecule has 0 spiro atoms. The van der Waals surface area contributed by atoms with Crippen molar-refractivity contribution in [2.24, 2.45) is 11.8 Å². The molecule has 1 aromatic carbocycles. The number of hydrogen-bond donors (Lipinski definition) is 2. The van der Waals surface area contributed by atoms with Gasteiger partial charge in [0, 0.05) is 38.6 Å². The van der Waals surface area contributed by atoms with Crippen molar-refractivity contribution < 1.29 is 4.79 Å². The molecule has 2 saturated heterocycles. The number of hydrogen-bond acceptors (Lipinski definition) is 3. The summed E-state index contributed by atoms with van der Waals surface area (Å²) in [6.45, 7) is 9.74.